The summed E-state index contributed by atoms with van der Waals surface area (Å²) in [5.41, 5.74) is 10.1. The highest BCUT2D eigenvalue weighted by atomic mass is 15.1. The van der Waals surface area contributed by atoms with Crippen molar-refractivity contribution in [2.45, 2.75) is 39.7 Å². The Hall–Kier alpha value is -0.860. The van der Waals surface area contributed by atoms with Gasteiger partial charge in [0, 0.05) is 6.04 Å². The van der Waals surface area contributed by atoms with Crippen LogP contribution in [0.4, 0.5) is 0 Å². The van der Waals surface area contributed by atoms with E-state index in [1.807, 2.05) is 0 Å². The molecule has 0 fully saturated rings. The summed E-state index contributed by atoms with van der Waals surface area (Å²) in [6, 6.07) is 7.23. The molecule has 0 aromatic heterocycles. The quantitative estimate of drug-likeness (QED) is 0.866. The van der Waals surface area contributed by atoms with Crippen LogP contribution in [0.5, 0.6) is 0 Å². The summed E-state index contributed by atoms with van der Waals surface area (Å²) in [5, 5.41) is 0. The molecule has 1 aromatic carbocycles. The molecule has 0 aliphatic rings. The molecule has 0 bridgehead atoms. The van der Waals surface area contributed by atoms with Gasteiger partial charge in [-0.15, -0.1) is 0 Å². The Balaban J connectivity index is 3.22. The fourth-order valence-corrected chi connectivity index (χ4v) is 2.56. The normalized spacial score (nSPS) is 15.2. The predicted octanol–water partition coefficient (Wildman–Crippen LogP) is 3.32. The molecule has 1 aromatic rings. The number of rotatable bonds is 5. The lowest BCUT2D eigenvalue weighted by Gasteiger charge is -2.31. The van der Waals surface area contributed by atoms with Crippen molar-refractivity contribution in [3.05, 3.63) is 34.9 Å². The number of aryl methyl sites for hydroxylation is 1. The topological polar surface area (TPSA) is 29.3 Å². The number of nitrogens with two attached hydrogens (primary N) is 1. The summed E-state index contributed by atoms with van der Waals surface area (Å²) >= 11 is 0. The summed E-state index contributed by atoms with van der Waals surface area (Å²) in [6.07, 6.45) is 0. The van der Waals surface area contributed by atoms with Crippen molar-refractivity contribution in [1.82, 2.24) is 4.90 Å². The third-order valence-electron chi connectivity index (χ3n) is 3.76. The molecule has 0 saturated carbocycles. The van der Waals surface area contributed by atoms with Crippen LogP contribution in [0.25, 0.3) is 0 Å². The minimum atomic E-state index is 0.397. The molecule has 2 N–H and O–H groups in total. The molecular formula is C16H28N2. The first-order chi connectivity index (χ1) is 8.38. The molecule has 2 unspecified atom stereocenters. The number of benzene rings is 1. The fraction of sp³-hybridized carbons (Fsp3) is 0.625. The fourth-order valence-electron chi connectivity index (χ4n) is 2.56. The number of nitrogens with zero attached hydrogens (tertiary/aromatic N) is 1. The van der Waals surface area contributed by atoms with Gasteiger partial charge in [-0.05, 0) is 56.1 Å². The van der Waals surface area contributed by atoms with Crippen LogP contribution in [0.2, 0.25) is 0 Å². The standard InChI is InChI=1S/C16H28N2/c1-11(2)14-8-7-12(3)15(9-14)16(18(5)6)13(4)10-17/h7-9,11,13,16H,10,17H2,1-6H3. The van der Waals surface area contributed by atoms with E-state index in [9.17, 15) is 0 Å². The Bertz CT molecular complexity index is 383. The second-order valence-corrected chi connectivity index (χ2v) is 5.89. The summed E-state index contributed by atoms with van der Waals surface area (Å²) in [4.78, 5) is 2.28. The molecule has 1 rings (SSSR count). The lowest BCUT2D eigenvalue weighted by Crippen LogP contribution is -2.31. The van der Waals surface area contributed by atoms with Gasteiger partial charge in [0.15, 0.2) is 0 Å². The third kappa shape index (κ3) is 3.33. The molecule has 0 spiro atoms. The van der Waals surface area contributed by atoms with Gasteiger partial charge in [0.25, 0.3) is 0 Å². The van der Waals surface area contributed by atoms with Crippen LogP contribution < -0.4 is 5.73 Å². The van der Waals surface area contributed by atoms with E-state index in [1.165, 1.54) is 16.7 Å². The second-order valence-electron chi connectivity index (χ2n) is 5.89. The van der Waals surface area contributed by atoms with Crippen LogP contribution in [0.15, 0.2) is 18.2 Å². The van der Waals surface area contributed by atoms with Gasteiger partial charge in [0.2, 0.25) is 0 Å². The summed E-state index contributed by atoms with van der Waals surface area (Å²) < 4.78 is 0. The predicted molar refractivity (Wildman–Crippen MR) is 79.9 cm³/mol. The Kier molecular flexibility index (Phi) is 5.36. The average Bonchev–Trinajstić information content (AvgIpc) is 2.30. The second kappa shape index (κ2) is 6.35. The summed E-state index contributed by atoms with van der Waals surface area (Å²) in [6.45, 7) is 9.62. The zero-order valence-corrected chi connectivity index (χ0v) is 12.7. The first-order valence-corrected chi connectivity index (χ1v) is 6.85. The van der Waals surface area contributed by atoms with Crippen molar-refractivity contribution in [1.29, 1.82) is 0 Å². The van der Waals surface area contributed by atoms with Crippen LogP contribution in [0.1, 0.15) is 49.4 Å². The minimum Gasteiger partial charge on any atom is -0.330 e. The maximum absolute atomic E-state index is 5.87. The highest BCUT2D eigenvalue weighted by Gasteiger charge is 2.22. The molecule has 2 heteroatoms. The molecular weight excluding hydrogens is 220 g/mol. The van der Waals surface area contributed by atoms with Gasteiger partial charge in [0.05, 0.1) is 0 Å². The molecule has 0 amide bonds. The van der Waals surface area contributed by atoms with E-state index in [2.05, 4.69) is 64.9 Å². The molecule has 18 heavy (non-hydrogen) atoms. The molecule has 0 radical (unpaired) electrons. The van der Waals surface area contributed by atoms with E-state index in [0.717, 1.165) is 0 Å². The highest BCUT2D eigenvalue weighted by Crippen LogP contribution is 2.31. The van der Waals surface area contributed by atoms with E-state index < -0.39 is 0 Å². The molecule has 0 heterocycles. The van der Waals surface area contributed by atoms with Crippen LogP contribution in [0, 0.1) is 12.8 Å². The van der Waals surface area contributed by atoms with E-state index in [0.29, 0.717) is 24.4 Å². The largest absolute Gasteiger partial charge is 0.330 e. The van der Waals surface area contributed by atoms with Gasteiger partial charge >= 0.3 is 0 Å². The smallest absolute Gasteiger partial charge is 0.0382 e. The zero-order valence-electron chi connectivity index (χ0n) is 12.7. The molecule has 2 nitrogen and oxygen atoms in total. The van der Waals surface area contributed by atoms with E-state index >= 15 is 0 Å². The van der Waals surface area contributed by atoms with Crippen molar-refractivity contribution < 1.29 is 0 Å². The zero-order chi connectivity index (χ0) is 13.9. The van der Waals surface area contributed by atoms with Crippen LogP contribution in [-0.2, 0) is 0 Å². The van der Waals surface area contributed by atoms with Gasteiger partial charge < -0.3 is 10.6 Å². The van der Waals surface area contributed by atoms with E-state index in [-0.39, 0.29) is 0 Å². The van der Waals surface area contributed by atoms with Crippen molar-refractivity contribution in [2.75, 3.05) is 20.6 Å². The lowest BCUT2D eigenvalue weighted by molar-refractivity contribution is 0.226. The van der Waals surface area contributed by atoms with Crippen molar-refractivity contribution >= 4 is 0 Å². The summed E-state index contributed by atoms with van der Waals surface area (Å²) in [7, 11) is 4.27. The Morgan fingerprint density at radius 3 is 2.22 bits per heavy atom. The molecule has 102 valence electrons. The molecule has 2 atom stereocenters. The van der Waals surface area contributed by atoms with Crippen LogP contribution in [0.3, 0.4) is 0 Å². The van der Waals surface area contributed by atoms with Crippen LogP contribution >= 0.6 is 0 Å². The van der Waals surface area contributed by atoms with Gasteiger partial charge in [-0.3, -0.25) is 0 Å². The maximum atomic E-state index is 5.87. The first kappa shape index (κ1) is 15.2. The van der Waals surface area contributed by atoms with Gasteiger partial charge in [-0.1, -0.05) is 39.0 Å². The molecule has 0 saturated heterocycles. The van der Waals surface area contributed by atoms with Gasteiger partial charge in [-0.25, -0.2) is 0 Å². The summed E-state index contributed by atoms with van der Waals surface area (Å²) in [5.74, 6) is 1.03. The first-order valence-electron chi connectivity index (χ1n) is 6.85. The third-order valence-corrected chi connectivity index (χ3v) is 3.76. The van der Waals surface area contributed by atoms with Gasteiger partial charge in [0.1, 0.15) is 0 Å². The lowest BCUT2D eigenvalue weighted by atomic mass is 9.88. The van der Waals surface area contributed by atoms with E-state index in [1.54, 1.807) is 0 Å². The molecule has 0 aliphatic carbocycles. The van der Waals surface area contributed by atoms with Crippen molar-refractivity contribution in [3.63, 3.8) is 0 Å². The average molecular weight is 248 g/mol. The monoisotopic (exact) mass is 248 g/mol. The van der Waals surface area contributed by atoms with Crippen LogP contribution in [-0.4, -0.2) is 25.5 Å². The Morgan fingerprint density at radius 2 is 1.78 bits per heavy atom. The molecule has 0 aliphatic heterocycles. The number of hydrogen-bond donors (Lipinski definition) is 1. The van der Waals surface area contributed by atoms with E-state index in [4.69, 9.17) is 5.73 Å². The SMILES string of the molecule is Cc1ccc(C(C)C)cc1C(C(C)CN)N(C)C. The minimum absolute atomic E-state index is 0.397. The number of hydrogen-bond acceptors (Lipinski definition) is 2. The van der Waals surface area contributed by atoms with Gasteiger partial charge in [-0.2, -0.15) is 0 Å². The van der Waals surface area contributed by atoms with Crippen molar-refractivity contribution in [2.24, 2.45) is 11.7 Å². The highest BCUT2D eigenvalue weighted by molar-refractivity contribution is 5.35. The Labute approximate surface area is 112 Å². The van der Waals surface area contributed by atoms with Crippen molar-refractivity contribution in [3.8, 4) is 0 Å². The Morgan fingerprint density at radius 1 is 1.17 bits per heavy atom. The maximum Gasteiger partial charge on any atom is 0.0382 e.